The minimum Gasteiger partial charge on any atom is -0.496 e. The first-order valence-electron chi connectivity index (χ1n) is 9.20. The topological polar surface area (TPSA) is 66.4 Å². The van der Waals surface area contributed by atoms with Gasteiger partial charge in [-0.15, -0.1) is 0 Å². The van der Waals surface area contributed by atoms with E-state index in [1.54, 1.807) is 49.6 Å². The van der Waals surface area contributed by atoms with Crippen molar-refractivity contribution >= 4 is 23.8 Å². The van der Waals surface area contributed by atoms with Crippen LogP contribution in [0.25, 0.3) is 0 Å². The van der Waals surface area contributed by atoms with E-state index in [0.29, 0.717) is 27.8 Å². The zero-order chi connectivity index (χ0) is 22.1. The molecule has 3 rings (SSSR count). The number of hydrogen-bond acceptors (Lipinski definition) is 6. The number of nitrogens with zero attached hydrogens (tertiary/aromatic N) is 1. The number of halogens is 2. The van der Waals surface area contributed by atoms with Gasteiger partial charge in [-0.1, -0.05) is 22.8 Å². The van der Waals surface area contributed by atoms with Crippen LogP contribution in [0, 0.1) is 5.82 Å². The van der Waals surface area contributed by atoms with Crippen molar-refractivity contribution < 1.29 is 28.2 Å². The highest BCUT2D eigenvalue weighted by molar-refractivity contribution is 6.30. The summed E-state index contributed by atoms with van der Waals surface area (Å²) >= 11 is 5.86. The van der Waals surface area contributed by atoms with E-state index in [9.17, 15) is 9.18 Å². The maximum absolute atomic E-state index is 13.0. The second kappa shape index (κ2) is 11.0. The molecule has 8 heteroatoms. The van der Waals surface area contributed by atoms with Gasteiger partial charge < -0.3 is 19.0 Å². The first-order chi connectivity index (χ1) is 15.0. The predicted molar refractivity (Wildman–Crippen MR) is 114 cm³/mol. The zero-order valence-electron chi connectivity index (χ0n) is 16.6. The van der Waals surface area contributed by atoms with E-state index in [1.807, 2.05) is 0 Å². The SMILES string of the molecule is COc1ccc(/C=N\OC(=O)COc2cccc(Cl)c2)cc1COc1ccc(F)cc1. The summed E-state index contributed by atoms with van der Waals surface area (Å²) in [5.41, 5.74) is 1.41. The predicted octanol–water partition coefficient (Wildman–Crippen LogP) is 5.02. The fourth-order valence-corrected chi connectivity index (χ4v) is 2.74. The molecule has 0 aliphatic heterocycles. The molecule has 0 saturated carbocycles. The lowest BCUT2D eigenvalue weighted by molar-refractivity contribution is -0.145. The van der Waals surface area contributed by atoms with Crippen molar-refractivity contribution in [1.29, 1.82) is 0 Å². The van der Waals surface area contributed by atoms with Gasteiger partial charge in [0.2, 0.25) is 0 Å². The molecule has 0 aliphatic rings. The van der Waals surface area contributed by atoms with E-state index in [0.717, 1.165) is 5.56 Å². The van der Waals surface area contributed by atoms with Gasteiger partial charge in [0.05, 0.1) is 13.3 Å². The molecule has 0 unspecified atom stereocenters. The number of rotatable bonds is 9. The molecule has 0 N–H and O–H groups in total. The molecular formula is C23H19ClFNO5. The number of ether oxygens (including phenoxy) is 3. The van der Waals surface area contributed by atoms with Crippen LogP contribution in [0.4, 0.5) is 4.39 Å². The molecule has 0 fully saturated rings. The van der Waals surface area contributed by atoms with Crippen LogP contribution >= 0.6 is 11.6 Å². The molecule has 0 saturated heterocycles. The van der Waals surface area contributed by atoms with Crippen molar-refractivity contribution in [2.45, 2.75) is 6.61 Å². The summed E-state index contributed by atoms with van der Waals surface area (Å²) in [4.78, 5) is 16.6. The van der Waals surface area contributed by atoms with Gasteiger partial charge in [-0.2, -0.15) is 0 Å². The molecule has 0 heterocycles. The Labute approximate surface area is 183 Å². The van der Waals surface area contributed by atoms with Gasteiger partial charge in [-0.3, -0.25) is 0 Å². The Bertz CT molecular complexity index is 1060. The number of carbonyl (C=O) groups is 1. The second-order valence-corrected chi connectivity index (χ2v) is 6.69. The molecule has 0 radical (unpaired) electrons. The minimum absolute atomic E-state index is 0.198. The van der Waals surface area contributed by atoms with E-state index in [4.69, 9.17) is 30.6 Å². The van der Waals surface area contributed by atoms with Gasteiger partial charge in [-0.05, 0) is 66.2 Å². The Kier molecular flexibility index (Phi) is 7.84. The van der Waals surface area contributed by atoms with Crippen molar-refractivity contribution in [3.63, 3.8) is 0 Å². The Morgan fingerprint density at radius 3 is 2.58 bits per heavy atom. The molecule has 0 amide bonds. The van der Waals surface area contributed by atoms with Crippen molar-refractivity contribution in [2.24, 2.45) is 5.16 Å². The Hall–Kier alpha value is -3.58. The van der Waals surface area contributed by atoms with Gasteiger partial charge >= 0.3 is 5.97 Å². The highest BCUT2D eigenvalue weighted by Gasteiger charge is 2.07. The number of carbonyl (C=O) groups excluding carboxylic acids is 1. The van der Waals surface area contributed by atoms with E-state index in [-0.39, 0.29) is 19.0 Å². The molecule has 160 valence electrons. The van der Waals surface area contributed by atoms with Crippen LogP contribution in [0.2, 0.25) is 5.02 Å². The number of oxime groups is 1. The van der Waals surface area contributed by atoms with Crippen molar-refractivity contribution in [3.8, 4) is 17.2 Å². The Morgan fingerprint density at radius 2 is 1.84 bits per heavy atom. The van der Waals surface area contributed by atoms with E-state index >= 15 is 0 Å². The van der Waals surface area contributed by atoms with Gasteiger partial charge in [0.15, 0.2) is 6.61 Å². The first kappa shape index (κ1) is 22.1. The molecule has 0 bridgehead atoms. The molecule has 0 aromatic heterocycles. The monoisotopic (exact) mass is 443 g/mol. The van der Waals surface area contributed by atoms with Crippen LogP contribution in [0.3, 0.4) is 0 Å². The van der Waals surface area contributed by atoms with E-state index in [2.05, 4.69) is 5.16 Å². The fraction of sp³-hybridized carbons (Fsp3) is 0.130. The van der Waals surface area contributed by atoms with Gasteiger partial charge in [0, 0.05) is 10.6 Å². The van der Waals surface area contributed by atoms with Crippen molar-refractivity contribution in [2.75, 3.05) is 13.7 Å². The zero-order valence-corrected chi connectivity index (χ0v) is 17.3. The molecule has 0 atom stereocenters. The van der Waals surface area contributed by atoms with Crippen LogP contribution in [-0.4, -0.2) is 25.9 Å². The highest BCUT2D eigenvalue weighted by atomic mass is 35.5. The van der Waals surface area contributed by atoms with Crippen LogP contribution in [0.15, 0.2) is 71.9 Å². The molecule has 6 nitrogen and oxygen atoms in total. The van der Waals surface area contributed by atoms with Crippen LogP contribution in [0.5, 0.6) is 17.2 Å². The number of methoxy groups -OCH3 is 1. The summed E-state index contributed by atoms with van der Waals surface area (Å²) in [6.45, 7) is -0.110. The molecule has 3 aromatic rings. The minimum atomic E-state index is -0.662. The van der Waals surface area contributed by atoms with Gasteiger partial charge in [0.1, 0.15) is 29.7 Å². The van der Waals surface area contributed by atoms with Crippen molar-refractivity contribution in [1.82, 2.24) is 0 Å². The second-order valence-electron chi connectivity index (χ2n) is 6.26. The summed E-state index contributed by atoms with van der Waals surface area (Å²) < 4.78 is 29.3. The third kappa shape index (κ3) is 7.01. The maximum atomic E-state index is 13.0. The smallest absolute Gasteiger partial charge is 0.372 e. The normalized spacial score (nSPS) is 10.7. The molecular weight excluding hydrogens is 425 g/mol. The third-order valence-electron chi connectivity index (χ3n) is 4.02. The lowest BCUT2D eigenvalue weighted by atomic mass is 10.1. The van der Waals surface area contributed by atoms with E-state index in [1.165, 1.54) is 30.5 Å². The average Bonchev–Trinajstić information content (AvgIpc) is 2.77. The standard InChI is InChI=1S/C23H19ClFNO5/c1-28-22-10-5-16(11-17(22)14-29-20-8-6-19(25)7-9-20)13-26-31-23(27)15-30-21-4-2-3-18(24)12-21/h2-13H,14-15H2,1H3/b26-13-. The first-order valence-corrected chi connectivity index (χ1v) is 9.58. The summed E-state index contributed by atoms with van der Waals surface area (Å²) in [6, 6.07) is 17.7. The van der Waals surface area contributed by atoms with E-state index < -0.39 is 5.97 Å². The number of benzene rings is 3. The summed E-state index contributed by atoms with van der Waals surface area (Å²) in [5, 5.41) is 4.19. The molecule has 0 aliphatic carbocycles. The lowest BCUT2D eigenvalue weighted by Gasteiger charge is -2.11. The summed E-state index contributed by atoms with van der Waals surface area (Å²) in [7, 11) is 1.55. The Balaban J connectivity index is 1.55. The van der Waals surface area contributed by atoms with Crippen molar-refractivity contribution in [3.05, 3.63) is 88.7 Å². The quantitative estimate of drug-likeness (QED) is 0.264. The fourth-order valence-electron chi connectivity index (χ4n) is 2.55. The highest BCUT2D eigenvalue weighted by Crippen LogP contribution is 2.22. The van der Waals surface area contributed by atoms with Crippen LogP contribution in [-0.2, 0) is 16.2 Å². The average molecular weight is 444 g/mol. The molecule has 0 spiro atoms. The third-order valence-corrected chi connectivity index (χ3v) is 4.26. The summed E-state index contributed by atoms with van der Waals surface area (Å²) in [6.07, 6.45) is 1.39. The molecule has 3 aromatic carbocycles. The largest absolute Gasteiger partial charge is 0.496 e. The summed E-state index contributed by atoms with van der Waals surface area (Å²) in [5.74, 6) is 0.594. The molecule has 31 heavy (non-hydrogen) atoms. The Morgan fingerprint density at radius 1 is 1.03 bits per heavy atom. The van der Waals surface area contributed by atoms with Crippen LogP contribution < -0.4 is 14.2 Å². The maximum Gasteiger partial charge on any atom is 0.372 e. The number of hydrogen-bond donors (Lipinski definition) is 0. The van der Waals surface area contributed by atoms with Gasteiger partial charge in [-0.25, -0.2) is 9.18 Å². The lowest BCUT2D eigenvalue weighted by Crippen LogP contribution is -2.12. The van der Waals surface area contributed by atoms with Gasteiger partial charge in [0.25, 0.3) is 0 Å². The van der Waals surface area contributed by atoms with Crippen LogP contribution in [0.1, 0.15) is 11.1 Å².